The van der Waals surface area contributed by atoms with Gasteiger partial charge in [0.2, 0.25) is 5.91 Å². The van der Waals surface area contributed by atoms with Crippen LogP contribution in [0.2, 0.25) is 0 Å². The highest BCUT2D eigenvalue weighted by Gasteiger charge is 2.20. The molecule has 2 rings (SSSR count). The third-order valence-corrected chi connectivity index (χ3v) is 4.56. The van der Waals surface area contributed by atoms with E-state index in [4.69, 9.17) is 0 Å². The minimum atomic E-state index is 0.101. The lowest BCUT2D eigenvalue weighted by Gasteiger charge is -2.34. The smallest absolute Gasteiger partial charge is 0.224 e. The van der Waals surface area contributed by atoms with Gasteiger partial charge in [0.15, 0.2) is 0 Å². The molecule has 23 heavy (non-hydrogen) atoms. The number of carbonyl (C=O) groups is 1. The summed E-state index contributed by atoms with van der Waals surface area (Å²) in [6.07, 6.45) is 0.560. The number of likely N-dealkylation sites (N-methyl/N-ethyl adjacent to an activating group) is 1. The third-order valence-electron chi connectivity index (χ3n) is 4.56. The van der Waals surface area contributed by atoms with Gasteiger partial charge < -0.3 is 15.1 Å². The molecule has 0 atom stereocenters. The van der Waals surface area contributed by atoms with E-state index in [0.717, 1.165) is 38.4 Å². The quantitative estimate of drug-likeness (QED) is 0.907. The molecular weight excluding hydrogens is 286 g/mol. The maximum absolute atomic E-state index is 12.3. The molecule has 1 aromatic rings. The number of rotatable bonds is 5. The first-order valence-corrected chi connectivity index (χ1v) is 8.75. The summed E-state index contributed by atoms with van der Waals surface area (Å²) in [6.45, 7) is 14.3. The van der Waals surface area contributed by atoms with Gasteiger partial charge in [-0.1, -0.05) is 45.9 Å². The largest absolute Gasteiger partial charge is 0.384 e. The third kappa shape index (κ3) is 4.96. The predicted molar refractivity (Wildman–Crippen MR) is 96.9 cm³/mol. The van der Waals surface area contributed by atoms with Crippen LogP contribution in [0.4, 0.5) is 5.69 Å². The minimum Gasteiger partial charge on any atom is -0.384 e. The summed E-state index contributed by atoms with van der Waals surface area (Å²) in [5, 5.41) is 3.45. The normalized spacial score (nSPS) is 16.4. The molecule has 0 bridgehead atoms. The molecule has 1 amide bonds. The highest BCUT2D eigenvalue weighted by atomic mass is 16.2. The lowest BCUT2D eigenvalue weighted by molar-refractivity contribution is -0.132. The van der Waals surface area contributed by atoms with Gasteiger partial charge in [-0.3, -0.25) is 4.79 Å². The molecule has 1 aliphatic rings. The monoisotopic (exact) mass is 317 g/mol. The SMILES string of the molecule is CCN1CCN(C(=O)CCNc2ccccc2C(C)(C)C)CC1. The Bertz CT molecular complexity index is 514. The zero-order valence-electron chi connectivity index (χ0n) is 15.1. The number of hydrogen-bond acceptors (Lipinski definition) is 3. The van der Waals surface area contributed by atoms with Crippen LogP contribution >= 0.6 is 0 Å². The fourth-order valence-electron chi connectivity index (χ4n) is 3.07. The topological polar surface area (TPSA) is 35.6 Å². The van der Waals surface area contributed by atoms with Crippen LogP contribution in [0.5, 0.6) is 0 Å². The van der Waals surface area contributed by atoms with Gasteiger partial charge in [0, 0.05) is 44.8 Å². The minimum absolute atomic E-state index is 0.101. The van der Waals surface area contributed by atoms with Crippen LogP contribution in [-0.2, 0) is 10.2 Å². The first kappa shape index (κ1) is 17.8. The van der Waals surface area contributed by atoms with E-state index in [1.807, 2.05) is 11.0 Å². The van der Waals surface area contributed by atoms with Crippen LogP contribution in [0.25, 0.3) is 0 Å². The molecule has 128 valence electrons. The van der Waals surface area contributed by atoms with Crippen molar-refractivity contribution >= 4 is 11.6 Å². The molecule has 1 saturated heterocycles. The Balaban J connectivity index is 1.83. The van der Waals surface area contributed by atoms with Gasteiger partial charge in [-0.05, 0) is 23.6 Å². The molecule has 1 aromatic carbocycles. The van der Waals surface area contributed by atoms with Crippen molar-refractivity contribution in [3.05, 3.63) is 29.8 Å². The number of hydrogen-bond donors (Lipinski definition) is 1. The maximum atomic E-state index is 12.3. The Kier molecular flexibility index (Phi) is 6.05. The van der Waals surface area contributed by atoms with Crippen LogP contribution in [0.15, 0.2) is 24.3 Å². The summed E-state index contributed by atoms with van der Waals surface area (Å²) in [5.74, 6) is 0.265. The average Bonchev–Trinajstić information content (AvgIpc) is 2.54. The van der Waals surface area contributed by atoms with Crippen LogP contribution < -0.4 is 5.32 Å². The molecule has 0 radical (unpaired) electrons. The van der Waals surface area contributed by atoms with Crippen LogP contribution in [0.1, 0.15) is 39.7 Å². The Morgan fingerprint density at radius 3 is 2.39 bits per heavy atom. The molecule has 0 unspecified atom stereocenters. The van der Waals surface area contributed by atoms with Gasteiger partial charge in [0.1, 0.15) is 0 Å². The fourth-order valence-corrected chi connectivity index (χ4v) is 3.07. The van der Waals surface area contributed by atoms with Crippen molar-refractivity contribution in [3.63, 3.8) is 0 Å². The number of carbonyl (C=O) groups excluding carboxylic acids is 1. The number of nitrogens with zero attached hydrogens (tertiary/aromatic N) is 2. The standard InChI is InChI=1S/C19H31N3O/c1-5-21-12-14-22(15-13-21)18(23)10-11-20-17-9-7-6-8-16(17)19(2,3)4/h6-9,20H,5,10-15H2,1-4H3. The molecule has 0 saturated carbocycles. The van der Waals surface area contributed by atoms with Crippen molar-refractivity contribution in [2.24, 2.45) is 0 Å². The van der Waals surface area contributed by atoms with E-state index in [1.165, 1.54) is 5.56 Å². The molecule has 0 aromatic heterocycles. The molecule has 0 aliphatic carbocycles. The molecule has 4 heteroatoms. The van der Waals surface area contributed by atoms with Gasteiger partial charge in [-0.25, -0.2) is 0 Å². The van der Waals surface area contributed by atoms with Gasteiger partial charge in [0.05, 0.1) is 0 Å². The Morgan fingerprint density at radius 1 is 1.13 bits per heavy atom. The number of piperazine rings is 1. The van der Waals surface area contributed by atoms with E-state index >= 15 is 0 Å². The number of para-hydroxylation sites is 1. The molecule has 4 nitrogen and oxygen atoms in total. The van der Waals surface area contributed by atoms with Crippen molar-refractivity contribution in [3.8, 4) is 0 Å². The second-order valence-corrected chi connectivity index (χ2v) is 7.29. The Labute approximate surface area is 140 Å². The van der Waals surface area contributed by atoms with E-state index in [0.29, 0.717) is 13.0 Å². The molecule has 0 spiro atoms. The number of nitrogens with one attached hydrogen (secondary N) is 1. The molecule has 1 aliphatic heterocycles. The second-order valence-electron chi connectivity index (χ2n) is 7.29. The summed E-state index contributed by atoms with van der Waals surface area (Å²) < 4.78 is 0. The van der Waals surface area contributed by atoms with Crippen molar-refractivity contribution in [2.45, 2.75) is 39.5 Å². The van der Waals surface area contributed by atoms with E-state index < -0.39 is 0 Å². The number of benzene rings is 1. The van der Waals surface area contributed by atoms with Crippen LogP contribution in [0, 0.1) is 0 Å². The first-order chi connectivity index (χ1) is 10.9. The highest BCUT2D eigenvalue weighted by molar-refractivity contribution is 5.77. The molecule has 1 N–H and O–H groups in total. The zero-order chi connectivity index (χ0) is 16.9. The molecule has 1 heterocycles. The summed E-state index contributed by atoms with van der Waals surface area (Å²) >= 11 is 0. The first-order valence-electron chi connectivity index (χ1n) is 8.75. The Hall–Kier alpha value is -1.55. The zero-order valence-corrected chi connectivity index (χ0v) is 15.1. The van der Waals surface area contributed by atoms with E-state index in [9.17, 15) is 4.79 Å². The number of amides is 1. The van der Waals surface area contributed by atoms with Gasteiger partial charge >= 0.3 is 0 Å². The van der Waals surface area contributed by atoms with E-state index in [-0.39, 0.29) is 11.3 Å². The summed E-state index contributed by atoms with van der Waals surface area (Å²) in [4.78, 5) is 16.7. The van der Waals surface area contributed by atoms with Crippen molar-refractivity contribution in [2.75, 3.05) is 44.6 Å². The lowest BCUT2D eigenvalue weighted by atomic mass is 9.86. The second kappa shape index (κ2) is 7.82. The summed E-state index contributed by atoms with van der Waals surface area (Å²) in [5.41, 5.74) is 2.54. The van der Waals surface area contributed by atoms with Crippen molar-refractivity contribution in [1.82, 2.24) is 9.80 Å². The van der Waals surface area contributed by atoms with Gasteiger partial charge in [0.25, 0.3) is 0 Å². The van der Waals surface area contributed by atoms with Gasteiger partial charge in [-0.2, -0.15) is 0 Å². The molecule has 1 fully saturated rings. The Morgan fingerprint density at radius 2 is 1.78 bits per heavy atom. The average molecular weight is 317 g/mol. The van der Waals surface area contributed by atoms with Crippen LogP contribution in [0.3, 0.4) is 0 Å². The van der Waals surface area contributed by atoms with E-state index in [1.54, 1.807) is 0 Å². The highest BCUT2D eigenvalue weighted by Crippen LogP contribution is 2.29. The van der Waals surface area contributed by atoms with Crippen LogP contribution in [-0.4, -0.2) is 55.0 Å². The summed E-state index contributed by atoms with van der Waals surface area (Å²) in [7, 11) is 0. The lowest BCUT2D eigenvalue weighted by Crippen LogP contribution is -2.48. The number of anilines is 1. The predicted octanol–water partition coefficient (Wildman–Crippen LogP) is 2.95. The maximum Gasteiger partial charge on any atom is 0.224 e. The molecular formula is C19H31N3O. The van der Waals surface area contributed by atoms with Gasteiger partial charge in [-0.15, -0.1) is 0 Å². The van der Waals surface area contributed by atoms with Crippen molar-refractivity contribution < 1.29 is 4.79 Å². The van der Waals surface area contributed by atoms with E-state index in [2.05, 4.69) is 56.1 Å². The fraction of sp³-hybridized carbons (Fsp3) is 0.632. The van der Waals surface area contributed by atoms with Crippen molar-refractivity contribution in [1.29, 1.82) is 0 Å². The summed E-state index contributed by atoms with van der Waals surface area (Å²) in [6, 6.07) is 8.38.